The predicted molar refractivity (Wildman–Crippen MR) is 69.3 cm³/mol. The Kier molecular flexibility index (Phi) is 2.86. The molecule has 0 bridgehead atoms. The number of hydrogen-bond donors (Lipinski definition) is 0. The Bertz CT molecular complexity index is 574. The Labute approximate surface area is 99.4 Å². The number of hydrogen-bond acceptors (Lipinski definition) is 2. The summed E-state index contributed by atoms with van der Waals surface area (Å²) in [6, 6.07) is 7.62. The van der Waals surface area contributed by atoms with Crippen molar-refractivity contribution in [3.05, 3.63) is 40.8 Å². The van der Waals surface area contributed by atoms with Gasteiger partial charge in [0.1, 0.15) is 0 Å². The molecule has 3 nitrogen and oxygen atoms in total. The molecule has 0 N–H and O–H groups in total. The maximum absolute atomic E-state index is 11.8. The van der Waals surface area contributed by atoms with Gasteiger partial charge in [-0.25, -0.2) is 4.98 Å². The molecule has 0 amide bonds. The van der Waals surface area contributed by atoms with Gasteiger partial charge in [0, 0.05) is 6.17 Å². The van der Waals surface area contributed by atoms with Crippen LogP contribution in [0.2, 0.25) is 13.1 Å². The van der Waals surface area contributed by atoms with Gasteiger partial charge in [-0.2, -0.15) is 11.1 Å². The van der Waals surface area contributed by atoms with Crippen molar-refractivity contribution in [3.63, 3.8) is 0 Å². The molecule has 0 radical (unpaired) electrons. The summed E-state index contributed by atoms with van der Waals surface area (Å²) in [5, 5.41) is 0. The van der Waals surface area contributed by atoms with Crippen molar-refractivity contribution in [2.45, 2.75) is 19.3 Å². The highest BCUT2D eigenvalue weighted by atomic mass is 35.6. The summed E-state index contributed by atoms with van der Waals surface area (Å²) in [7, 11) is -1.84. The Hall–Kier alpha value is -1.13. The molecule has 2 rings (SSSR count). The third kappa shape index (κ3) is 2.33. The highest BCUT2D eigenvalue weighted by molar-refractivity contribution is 7.18. The largest absolute Gasteiger partial charge is 0.307 e. The van der Waals surface area contributed by atoms with E-state index < -0.39 is 7.38 Å². The van der Waals surface area contributed by atoms with E-state index in [0.29, 0.717) is 6.17 Å². The third-order valence-electron chi connectivity index (χ3n) is 2.29. The van der Waals surface area contributed by atoms with Crippen LogP contribution in [0.25, 0.3) is 11.0 Å². The fraction of sp³-hybridized carbons (Fsp3) is 0.273. The Morgan fingerprint density at radius 1 is 1.38 bits per heavy atom. The molecule has 0 spiro atoms. The lowest BCUT2D eigenvalue weighted by Crippen LogP contribution is -2.32. The molecule has 0 saturated carbocycles. The van der Waals surface area contributed by atoms with Crippen LogP contribution in [0.4, 0.5) is 0 Å². The molecule has 0 aliphatic rings. The highest BCUT2D eigenvalue weighted by Crippen LogP contribution is 2.14. The first kappa shape index (κ1) is 11.4. The molecular weight excluding hydrogens is 240 g/mol. The monoisotopic (exact) mass is 252 g/mol. The number of rotatable bonds is 2. The van der Waals surface area contributed by atoms with Gasteiger partial charge in [-0.15, -0.1) is 0 Å². The highest BCUT2D eigenvalue weighted by Gasteiger charge is 2.19. The summed E-state index contributed by atoms with van der Waals surface area (Å²) in [6.07, 6.45) is 1.97. The Balaban J connectivity index is 2.66. The van der Waals surface area contributed by atoms with E-state index in [-0.39, 0.29) is 5.56 Å². The van der Waals surface area contributed by atoms with Crippen LogP contribution < -0.4 is 5.56 Å². The summed E-state index contributed by atoms with van der Waals surface area (Å²) in [6.45, 7) is 4.05. The van der Waals surface area contributed by atoms with Crippen molar-refractivity contribution in [1.29, 1.82) is 0 Å². The maximum atomic E-state index is 11.8. The molecule has 1 aromatic heterocycles. The van der Waals surface area contributed by atoms with Crippen molar-refractivity contribution in [3.8, 4) is 0 Å². The zero-order chi connectivity index (χ0) is 11.8. The van der Waals surface area contributed by atoms with Gasteiger partial charge in [0.05, 0.1) is 17.2 Å². The molecule has 0 saturated heterocycles. The zero-order valence-corrected chi connectivity index (χ0v) is 11.0. The van der Waals surface area contributed by atoms with Gasteiger partial charge in [0.2, 0.25) is 0 Å². The normalized spacial score (nSPS) is 11.9. The molecule has 16 heavy (non-hydrogen) atoms. The molecule has 2 aromatic rings. The first-order valence-corrected chi connectivity index (χ1v) is 9.33. The van der Waals surface area contributed by atoms with Gasteiger partial charge in [-0.3, -0.25) is 4.79 Å². The number of halogens is 1. The van der Waals surface area contributed by atoms with Gasteiger partial charge >= 0.3 is 0 Å². The van der Waals surface area contributed by atoms with Crippen molar-refractivity contribution in [2.75, 3.05) is 0 Å². The standard InChI is InChI=1S/C11H13ClN2OSi/c1-16(2,12)8-14-10-6-4-3-5-9(10)13-7-11(14)15/h3-7H,8H2,1-2H3. The summed E-state index contributed by atoms with van der Waals surface area (Å²) >= 11 is 6.30. The number of para-hydroxylation sites is 2. The molecule has 0 aliphatic carbocycles. The second kappa shape index (κ2) is 4.03. The molecule has 1 heterocycles. The molecule has 1 aromatic carbocycles. The van der Waals surface area contributed by atoms with E-state index in [1.807, 2.05) is 37.4 Å². The van der Waals surface area contributed by atoms with Crippen molar-refractivity contribution < 1.29 is 0 Å². The van der Waals surface area contributed by atoms with E-state index in [1.54, 1.807) is 4.57 Å². The van der Waals surface area contributed by atoms with E-state index >= 15 is 0 Å². The topological polar surface area (TPSA) is 34.9 Å². The molecule has 84 valence electrons. The number of aromatic nitrogens is 2. The lowest BCUT2D eigenvalue weighted by atomic mass is 10.3. The molecule has 0 fully saturated rings. The van der Waals surface area contributed by atoms with Crippen LogP contribution in [0.1, 0.15) is 0 Å². The second-order valence-electron chi connectivity index (χ2n) is 4.39. The molecular formula is C11H13ClN2OSi. The number of fused-ring (bicyclic) bond motifs is 1. The minimum Gasteiger partial charge on any atom is -0.307 e. The first-order chi connectivity index (χ1) is 7.47. The van der Waals surface area contributed by atoms with E-state index in [4.69, 9.17) is 11.1 Å². The lowest BCUT2D eigenvalue weighted by molar-refractivity contribution is 0.843. The quantitative estimate of drug-likeness (QED) is 0.608. The smallest absolute Gasteiger partial charge is 0.269 e. The van der Waals surface area contributed by atoms with Gasteiger partial charge in [0.25, 0.3) is 5.56 Å². The molecule has 5 heteroatoms. The fourth-order valence-electron chi connectivity index (χ4n) is 1.65. The van der Waals surface area contributed by atoms with Crippen LogP contribution in [-0.2, 0) is 6.17 Å². The average Bonchev–Trinajstić information content (AvgIpc) is 2.21. The van der Waals surface area contributed by atoms with Gasteiger partial charge in [0.15, 0.2) is 7.38 Å². The average molecular weight is 253 g/mol. The van der Waals surface area contributed by atoms with E-state index in [1.165, 1.54) is 6.20 Å². The van der Waals surface area contributed by atoms with Crippen molar-refractivity contribution in [1.82, 2.24) is 9.55 Å². The number of benzene rings is 1. The lowest BCUT2D eigenvalue weighted by Gasteiger charge is -2.16. The molecule has 0 atom stereocenters. The van der Waals surface area contributed by atoms with Crippen LogP contribution in [0.3, 0.4) is 0 Å². The molecule has 0 aliphatic heterocycles. The van der Waals surface area contributed by atoms with E-state index in [2.05, 4.69) is 4.98 Å². The first-order valence-electron chi connectivity index (χ1n) is 5.11. The second-order valence-corrected chi connectivity index (χ2v) is 11.2. The van der Waals surface area contributed by atoms with Crippen LogP contribution in [0.5, 0.6) is 0 Å². The van der Waals surface area contributed by atoms with Crippen molar-refractivity contribution in [2.24, 2.45) is 0 Å². The van der Waals surface area contributed by atoms with Crippen LogP contribution in [-0.4, -0.2) is 16.9 Å². The van der Waals surface area contributed by atoms with E-state index in [9.17, 15) is 4.79 Å². The summed E-state index contributed by atoms with van der Waals surface area (Å²) < 4.78 is 1.72. The SMILES string of the molecule is C[Si](C)(Cl)Cn1c(=O)cnc2ccccc21. The summed E-state index contributed by atoms with van der Waals surface area (Å²) in [5.74, 6) is 0. The van der Waals surface area contributed by atoms with Gasteiger partial charge in [-0.1, -0.05) is 25.2 Å². The number of nitrogens with zero attached hydrogens (tertiary/aromatic N) is 2. The third-order valence-corrected chi connectivity index (χ3v) is 3.71. The summed E-state index contributed by atoms with van der Waals surface area (Å²) in [5.41, 5.74) is 1.60. The Morgan fingerprint density at radius 3 is 2.75 bits per heavy atom. The fourth-order valence-corrected chi connectivity index (χ4v) is 3.09. The minimum absolute atomic E-state index is 0.0834. The molecule has 0 unspecified atom stereocenters. The summed E-state index contributed by atoms with van der Waals surface area (Å²) in [4.78, 5) is 15.9. The van der Waals surface area contributed by atoms with E-state index in [0.717, 1.165) is 11.0 Å². The predicted octanol–water partition coefficient (Wildman–Crippen LogP) is 2.38. The van der Waals surface area contributed by atoms with Crippen molar-refractivity contribution >= 4 is 29.5 Å². The van der Waals surface area contributed by atoms with Crippen LogP contribution >= 0.6 is 11.1 Å². The maximum Gasteiger partial charge on any atom is 0.269 e. The van der Waals surface area contributed by atoms with Gasteiger partial charge in [-0.05, 0) is 12.1 Å². The zero-order valence-electron chi connectivity index (χ0n) is 9.27. The van der Waals surface area contributed by atoms with Crippen LogP contribution in [0, 0.1) is 0 Å². The van der Waals surface area contributed by atoms with Gasteiger partial charge < -0.3 is 4.57 Å². The Morgan fingerprint density at radius 2 is 2.06 bits per heavy atom. The minimum atomic E-state index is -1.84. The van der Waals surface area contributed by atoms with Crippen LogP contribution in [0.15, 0.2) is 35.3 Å².